The van der Waals surface area contributed by atoms with Crippen molar-refractivity contribution in [3.8, 4) is 0 Å². The summed E-state index contributed by atoms with van der Waals surface area (Å²) in [4.78, 5) is 60.2. The van der Waals surface area contributed by atoms with Gasteiger partial charge >= 0.3 is 23.6 Å². The van der Waals surface area contributed by atoms with Crippen LogP contribution in [0.25, 0.3) is 0 Å². The van der Waals surface area contributed by atoms with Gasteiger partial charge in [-0.3, -0.25) is 23.7 Å². The Hall–Kier alpha value is -3.80. The maximum absolute atomic E-state index is 13.2. The summed E-state index contributed by atoms with van der Waals surface area (Å²) in [5, 5.41) is 3.87. The van der Waals surface area contributed by atoms with Gasteiger partial charge in [-0.2, -0.15) is 9.78 Å². The van der Waals surface area contributed by atoms with Crippen LogP contribution in [0, 0.1) is 0 Å². The van der Waals surface area contributed by atoms with Gasteiger partial charge in [0.1, 0.15) is 18.9 Å². The maximum atomic E-state index is 13.2. The summed E-state index contributed by atoms with van der Waals surface area (Å²) >= 11 is 0. The van der Waals surface area contributed by atoms with E-state index in [1.54, 1.807) is 30.3 Å². The van der Waals surface area contributed by atoms with E-state index in [1.165, 1.54) is 6.92 Å². The van der Waals surface area contributed by atoms with Gasteiger partial charge in [0.25, 0.3) is 5.56 Å². The lowest BCUT2D eigenvalue weighted by Crippen LogP contribution is -2.46. The number of hydrogen-bond acceptors (Lipinski definition) is 10. The Kier molecular flexibility index (Phi) is 7.38. The first-order valence-electron chi connectivity index (χ1n) is 10.0. The van der Waals surface area contributed by atoms with Crippen LogP contribution in [-0.4, -0.2) is 57.2 Å². The molecule has 2 aromatic rings. The van der Waals surface area contributed by atoms with Crippen LogP contribution in [-0.2, 0) is 39.9 Å². The van der Waals surface area contributed by atoms with Crippen molar-refractivity contribution in [2.75, 3.05) is 6.61 Å². The molecule has 176 valence electrons. The van der Waals surface area contributed by atoms with Gasteiger partial charge in [-0.1, -0.05) is 30.3 Å². The quantitative estimate of drug-likeness (QED) is 0.401. The highest BCUT2D eigenvalue weighted by Gasteiger charge is 2.51. The SMILES string of the molecule is CC(=O)OC[C@H]1O[C@@H](n2ncc(=O)n(Cc3ccccc3)c2=O)[C@H](OC(C)=O)[C@@H]1OC(C)=O. The van der Waals surface area contributed by atoms with Crippen LogP contribution in [0.3, 0.4) is 0 Å². The molecule has 1 aromatic carbocycles. The fourth-order valence-corrected chi connectivity index (χ4v) is 3.42. The summed E-state index contributed by atoms with van der Waals surface area (Å²) in [6.45, 7) is 3.10. The molecule has 33 heavy (non-hydrogen) atoms. The van der Waals surface area contributed by atoms with Gasteiger partial charge in [0, 0.05) is 20.8 Å². The molecule has 0 amide bonds. The summed E-state index contributed by atoms with van der Waals surface area (Å²) < 4.78 is 23.1. The Morgan fingerprint density at radius 1 is 0.970 bits per heavy atom. The molecule has 3 rings (SSSR count). The smallest absolute Gasteiger partial charge is 0.350 e. The van der Waals surface area contributed by atoms with Gasteiger partial charge in [0.15, 0.2) is 18.4 Å². The normalized spacial score (nSPS) is 21.9. The van der Waals surface area contributed by atoms with Crippen LogP contribution in [0.2, 0.25) is 0 Å². The molecular formula is C21H23N3O9. The van der Waals surface area contributed by atoms with Crippen molar-refractivity contribution >= 4 is 17.9 Å². The summed E-state index contributed by atoms with van der Waals surface area (Å²) in [7, 11) is 0. The Bertz CT molecular complexity index is 1140. The molecule has 0 unspecified atom stereocenters. The fraction of sp³-hybridized carbons (Fsp3) is 0.429. The van der Waals surface area contributed by atoms with Gasteiger partial charge in [-0.15, -0.1) is 0 Å². The van der Waals surface area contributed by atoms with E-state index in [9.17, 15) is 24.0 Å². The lowest BCUT2D eigenvalue weighted by molar-refractivity contribution is -0.166. The lowest BCUT2D eigenvalue weighted by Gasteiger charge is -2.23. The second-order valence-electron chi connectivity index (χ2n) is 7.30. The third kappa shape index (κ3) is 5.71. The number of rotatable bonds is 7. The van der Waals surface area contributed by atoms with Crippen LogP contribution in [0.5, 0.6) is 0 Å². The maximum Gasteiger partial charge on any atom is 0.350 e. The van der Waals surface area contributed by atoms with Crippen molar-refractivity contribution in [2.24, 2.45) is 0 Å². The number of benzene rings is 1. The Morgan fingerprint density at radius 2 is 1.61 bits per heavy atom. The molecule has 1 saturated heterocycles. The number of hydrogen-bond donors (Lipinski definition) is 0. The molecule has 0 N–H and O–H groups in total. The minimum atomic E-state index is -1.35. The molecule has 0 radical (unpaired) electrons. The second-order valence-corrected chi connectivity index (χ2v) is 7.30. The number of aromatic nitrogens is 3. The largest absolute Gasteiger partial charge is 0.463 e. The van der Waals surface area contributed by atoms with E-state index in [1.807, 2.05) is 0 Å². The molecule has 1 aliphatic rings. The monoisotopic (exact) mass is 461 g/mol. The van der Waals surface area contributed by atoms with Crippen LogP contribution >= 0.6 is 0 Å². The Balaban J connectivity index is 2.02. The molecule has 2 heterocycles. The van der Waals surface area contributed by atoms with E-state index in [0.717, 1.165) is 29.3 Å². The van der Waals surface area contributed by atoms with Crippen molar-refractivity contribution in [2.45, 2.75) is 51.9 Å². The summed E-state index contributed by atoms with van der Waals surface area (Å²) in [5.41, 5.74) is -0.776. The highest BCUT2D eigenvalue weighted by molar-refractivity contribution is 5.68. The number of esters is 3. The van der Waals surface area contributed by atoms with Gasteiger partial charge in [-0.25, -0.2) is 4.79 Å². The van der Waals surface area contributed by atoms with Gasteiger partial charge in [0.05, 0.1) is 6.54 Å². The predicted molar refractivity (Wildman–Crippen MR) is 110 cm³/mol. The molecular weight excluding hydrogens is 438 g/mol. The van der Waals surface area contributed by atoms with Crippen LogP contribution in [0.1, 0.15) is 32.6 Å². The van der Waals surface area contributed by atoms with Crippen molar-refractivity contribution < 1.29 is 33.3 Å². The molecule has 12 nitrogen and oxygen atoms in total. The van der Waals surface area contributed by atoms with Crippen molar-refractivity contribution in [3.05, 3.63) is 62.9 Å². The predicted octanol–water partition coefficient (Wildman–Crippen LogP) is -0.223. The summed E-state index contributed by atoms with van der Waals surface area (Å²) in [6.07, 6.45) is -3.97. The number of carbonyl (C=O) groups excluding carboxylic acids is 3. The van der Waals surface area contributed by atoms with E-state index in [4.69, 9.17) is 18.9 Å². The second kappa shape index (κ2) is 10.2. The summed E-state index contributed by atoms with van der Waals surface area (Å²) in [5.74, 6) is -2.05. The molecule has 0 saturated carbocycles. The zero-order valence-corrected chi connectivity index (χ0v) is 18.2. The highest BCUT2D eigenvalue weighted by atomic mass is 16.7. The molecule has 0 spiro atoms. The molecule has 1 fully saturated rings. The topological polar surface area (TPSA) is 145 Å². The molecule has 1 aromatic heterocycles. The molecule has 12 heteroatoms. The average molecular weight is 461 g/mol. The molecule has 1 aliphatic heterocycles. The van der Waals surface area contributed by atoms with Crippen LogP contribution < -0.4 is 11.2 Å². The van der Waals surface area contributed by atoms with E-state index in [-0.39, 0.29) is 13.2 Å². The third-order valence-electron chi connectivity index (χ3n) is 4.75. The zero-order chi connectivity index (χ0) is 24.1. The lowest BCUT2D eigenvalue weighted by atomic mass is 10.1. The van der Waals surface area contributed by atoms with E-state index >= 15 is 0 Å². The van der Waals surface area contributed by atoms with Gasteiger partial charge < -0.3 is 18.9 Å². The van der Waals surface area contributed by atoms with Crippen LogP contribution in [0.15, 0.2) is 46.1 Å². The number of ether oxygens (including phenoxy) is 4. The minimum absolute atomic E-state index is 0.0315. The first-order valence-corrected chi connectivity index (χ1v) is 10.0. The molecule has 4 atom stereocenters. The standard InChI is InChI=1S/C21H23N3O9/c1-12(25)30-11-16-18(31-13(2)26)19(32-14(3)27)20(33-16)24-21(29)23(17(28)9-22-24)10-15-7-5-4-6-8-15/h4-9,16,18-20H,10-11H2,1-3H3/t16-,18-,19-,20-/m1/s1. The minimum Gasteiger partial charge on any atom is -0.463 e. The highest BCUT2D eigenvalue weighted by Crippen LogP contribution is 2.33. The molecule has 0 bridgehead atoms. The van der Waals surface area contributed by atoms with Gasteiger partial charge in [0.2, 0.25) is 0 Å². The number of nitrogens with zero attached hydrogens (tertiary/aromatic N) is 3. The summed E-state index contributed by atoms with van der Waals surface area (Å²) in [6, 6.07) is 8.82. The van der Waals surface area contributed by atoms with Crippen molar-refractivity contribution in [1.82, 2.24) is 14.3 Å². The van der Waals surface area contributed by atoms with E-state index in [2.05, 4.69) is 5.10 Å². The Morgan fingerprint density at radius 3 is 2.21 bits per heavy atom. The van der Waals surface area contributed by atoms with Crippen molar-refractivity contribution in [1.29, 1.82) is 0 Å². The Labute approximate surface area is 187 Å². The van der Waals surface area contributed by atoms with Crippen LogP contribution in [0.4, 0.5) is 0 Å². The van der Waals surface area contributed by atoms with E-state index in [0.29, 0.717) is 5.56 Å². The van der Waals surface area contributed by atoms with Crippen molar-refractivity contribution in [3.63, 3.8) is 0 Å². The zero-order valence-electron chi connectivity index (χ0n) is 18.2. The van der Waals surface area contributed by atoms with Gasteiger partial charge in [-0.05, 0) is 5.56 Å². The fourth-order valence-electron chi connectivity index (χ4n) is 3.42. The average Bonchev–Trinajstić information content (AvgIpc) is 3.06. The first kappa shape index (κ1) is 23.9. The number of carbonyl (C=O) groups is 3. The van der Waals surface area contributed by atoms with E-state index < -0.39 is 53.7 Å². The molecule has 0 aliphatic carbocycles. The third-order valence-corrected chi connectivity index (χ3v) is 4.75. The first-order chi connectivity index (χ1) is 15.7.